The van der Waals surface area contributed by atoms with Crippen LogP contribution in [0, 0.1) is 21.7 Å². The van der Waals surface area contributed by atoms with Gasteiger partial charge in [0.1, 0.15) is 30.0 Å². The summed E-state index contributed by atoms with van der Waals surface area (Å²) < 4.78 is 13.1. The lowest BCUT2D eigenvalue weighted by Gasteiger charge is -2.41. The highest BCUT2D eigenvalue weighted by Crippen LogP contribution is 2.41. The Kier molecular flexibility index (Phi) is 8.78. The Morgan fingerprint density at radius 1 is 0.781 bits per heavy atom. The molecule has 0 aliphatic heterocycles. The van der Waals surface area contributed by atoms with E-state index >= 15 is 0 Å². The molecule has 0 saturated carbocycles. The number of hydrogen-bond donors (Lipinski definition) is 0. The predicted octanol–water partition coefficient (Wildman–Crippen LogP) is 7.53. The summed E-state index contributed by atoms with van der Waals surface area (Å²) in [5.41, 5.74) is 0.0734. The quantitative estimate of drug-likeness (QED) is 0.306. The maximum absolute atomic E-state index is 12.9. The smallest absolute Gasteiger partial charge is 0.167 e. The number of rotatable bonds is 8. The van der Waals surface area contributed by atoms with Crippen LogP contribution in [-0.4, -0.2) is 24.3 Å². The first kappa shape index (κ1) is 28.2. The minimum Gasteiger partial charge on any atom is -0.489 e. The van der Waals surface area contributed by atoms with Crippen LogP contribution in [0.2, 0.25) is 0 Å². The number of carbonyl (C=O) groups excluding carboxylic acids is 2. The molecule has 0 atom stereocenters. The molecule has 0 aromatic heterocycles. The summed E-state index contributed by atoms with van der Waals surface area (Å²) in [4.78, 5) is 23.7. The van der Waals surface area contributed by atoms with Gasteiger partial charge in [-0.25, -0.2) is 0 Å². The van der Waals surface area contributed by atoms with Gasteiger partial charge in [-0.1, -0.05) is 83.1 Å². The third-order valence-electron chi connectivity index (χ3n) is 5.39. The van der Waals surface area contributed by atoms with Crippen LogP contribution in [0.1, 0.15) is 106 Å². The van der Waals surface area contributed by atoms with Gasteiger partial charge < -0.3 is 14.3 Å². The van der Waals surface area contributed by atoms with Crippen molar-refractivity contribution in [3.8, 4) is 11.5 Å². The van der Waals surface area contributed by atoms with E-state index in [-0.39, 0.29) is 52.5 Å². The van der Waals surface area contributed by atoms with Crippen LogP contribution in [0.25, 0.3) is 0 Å². The van der Waals surface area contributed by atoms with Gasteiger partial charge in [0, 0.05) is 18.9 Å². The Labute approximate surface area is 196 Å². The van der Waals surface area contributed by atoms with Crippen molar-refractivity contribution in [1.82, 2.24) is 0 Å². The monoisotopic (exact) mass is 446 g/mol. The number of ketones is 1. The zero-order chi connectivity index (χ0) is 25.1. The lowest BCUT2D eigenvalue weighted by Crippen LogP contribution is -2.43. The van der Waals surface area contributed by atoms with E-state index in [9.17, 15) is 9.59 Å². The first-order valence-electron chi connectivity index (χ1n) is 11.7. The fourth-order valence-corrected chi connectivity index (χ4v) is 4.80. The summed E-state index contributed by atoms with van der Waals surface area (Å²) >= 11 is 0. The second kappa shape index (κ2) is 9.97. The standard InChI is InChI=1S/C28H46O4/c1-25(2,3)23(26(4,5)6)31-19-15-16-20(21(30)14-13-17-29)22(18-19)32-24(27(7,8)9)28(10,11)12/h15-18,23-24H,13-14H2,1-12H3. The minimum absolute atomic E-state index is 0.0412. The van der Waals surface area contributed by atoms with Gasteiger partial charge in [-0.3, -0.25) is 4.79 Å². The molecule has 1 aromatic carbocycles. The molecule has 0 aliphatic rings. The molecule has 182 valence electrons. The molecule has 0 fully saturated rings. The van der Waals surface area contributed by atoms with Crippen molar-refractivity contribution in [3.63, 3.8) is 0 Å². The molecule has 0 amide bonds. The maximum Gasteiger partial charge on any atom is 0.167 e. The van der Waals surface area contributed by atoms with Gasteiger partial charge in [0.2, 0.25) is 0 Å². The third kappa shape index (κ3) is 7.94. The van der Waals surface area contributed by atoms with Gasteiger partial charge in [0.15, 0.2) is 5.78 Å². The Morgan fingerprint density at radius 2 is 1.22 bits per heavy atom. The third-order valence-corrected chi connectivity index (χ3v) is 5.39. The van der Waals surface area contributed by atoms with E-state index in [0.29, 0.717) is 17.1 Å². The van der Waals surface area contributed by atoms with Gasteiger partial charge in [-0.15, -0.1) is 0 Å². The van der Waals surface area contributed by atoms with Crippen molar-refractivity contribution in [2.24, 2.45) is 21.7 Å². The summed E-state index contributed by atoms with van der Waals surface area (Å²) in [6, 6.07) is 5.47. The van der Waals surface area contributed by atoms with E-state index in [1.165, 1.54) is 0 Å². The molecule has 0 aliphatic carbocycles. The van der Waals surface area contributed by atoms with Crippen molar-refractivity contribution in [2.75, 3.05) is 0 Å². The van der Waals surface area contributed by atoms with Crippen LogP contribution >= 0.6 is 0 Å². The molecule has 4 heteroatoms. The predicted molar refractivity (Wildman–Crippen MR) is 133 cm³/mol. The van der Waals surface area contributed by atoms with E-state index in [2.05, 4.69) is 83.1 Å². The van der Waals surface area contributed by atoms with Crippen LogP contribution in [0.3, 0.4) is 0 Å². The lowest BCUT2D eigenvalue weighted by molar-refractivity contribution is -0.107. The Bertz CT molecular complexity index is 752. The molecule has 0 saturated heterocycles. The van der Waals surface area contributed by atoms with Crippen LogP contribution in [-0.2, 0) is 4.79 Å². The van der Waals surface area contributed by atoms with E-state index in [0.717, 1.165) is 6.29 Å². The van der Waals surface area contributed by atoms with Crippen molar-refractivity contribution in [2.45, 2.75) is 108 Å². The van der Waals surface area contributed by atoms with Crippen molar-refractivity contribution >= 4 is 12.1 Å². The van der Waals surface area contributed by atoms with Gasteiger partial charge in [0.05, 0.1) is 5.56 Å². The molecule has 32 heavy (non-hydrogen) atoms. The van der Waals surface area contributed by atoms with E-state index < -0.39 is 0 Å². The molecule has 0 heterocycles. The number of aldehydes is 1. The van der Waals surface area contributed by atoms with Crippen molar-refractivity contribution in [3.05, 3.63) is 23.8 Å². The fourth-order valence-electron chi connectivity index (χ4n) is 4.80. The summed E-state index contributed by atoms with van der Waals surface area (Å²) in [6.45, 7) is 25.9. The largest absolute Gasteiger partial charge is 0.489 e. The minimum atomic E-state index is -0.141. The van der Waals surface area contributed by atoms with Crippen LogP contribution in [0.5, 0.6) is 11.5 Å². The average Bonchev–Trinajstić information content (AvgIpc) is 2.58. The van der Waals surface area contributed by atoms with Crippen molar-refractivity contribution < 1.29 is 19.1 Å². The fraction of sp³-hybridized carbons (Fsp3) is 0.714. The first-order valence-corrected chi connectivity index (χ1v) is 11.7. The van der Waals surface area contributed by atoms with Crippen LogP contribution < -0.4 is 9.47 Å². The van der Waals surface area contributed by atoms with E-state index in [4.69, 9.17) is 9.47 Å². The van der Waals surface area contributed by atoms with Crippen LogP contribution in [0.4, 0.5) is 0 Å². The second-order valence-corrected chi connectivity index (χ2v) is 13.2. The number of hydrogen-bond acceptors (Lipinski definition) is 4. The molecule has 1 aromatic rings. The summed E-state index contributed by atoms with van der Waals surface area (Å²) in [6.07, 6.45) is 0.974. The van der Waals surface area contributed by atoms with Gasteiger partial charge in [0.25, 0.3) is 0 Å². The van der Waals surface area contributed by atoms with Gasteiger partial charge in [-0.05, 0) is 33.8 Å². The number of ether oxygens (including phenoxy) is 2. The topological polar surface area (TPSA) is 52.6 Å². The number of Topliss-reactive ketones (excluding diaryl/α,β-unsaturated/α-hetero) is 1. The lowest BCUT2D eigenvalue weighted by atomic mass is 9.74. The van der Waals surface area contributed by atoms with Crippen molar-refractivity contribution in [1.29, 1.82) is 0 Å². The molecule has 1 rings (SSSR count). The Hall–Kier alpha value is -1.84. The molecule has 0 radical (unpaired) electrons. The van der Waals surface area contributed by atoms with Gasteiger partial charge >= 0.3 is 0 Å². The zero-order valence-electron chi connectivity index (χ0n) is 22.5. The van der Waals surface area contributed by atoms with E-state index in [1.54, 1.807) is 6.07 Å². The van der Waals surface area contributed by atoms with Crippen LogP contribution in [0.15, 0.2) is 18.2 Å². The first-order chi connectivity index (χ1) is 14.3. The SMILES string of the molecule is CC(C)(C)C(Oc1ccc(C(=O)CCC=O)c(OC(C(C)(C)C)C(C)(C)C)c1)C(C)(C)C. The molecule has 4 nitrogen and oxygen atoms in total. The maximum atomic E-state index is 12.9. The Morgan fingerprint density at radius 3 is 1.62 bits per heavy atom. The molecule has 0 spiro atoms. The average molecular weight is 447 g/mol. The Balaban J connectivity index is 3.51. The second-order valence-electron chi connectivity index (χ2n) is 13.2. The zero-order valence-corrected chi connectivity index (χ0v) is 22.5. The number of carbonyl (C=O) groups is 2. The summed E-state index contributed by atoms with van der Waals surface area (Å²) in [7, 11) is 0. The van der Waals surface area contributed by atoms with E-state index in [1.807, 2.05) is 12.1 Å². The highest BCUT2D eigenvalue weighted by molar-refractivity contribution is 5.99. The summed E-state index contributed by atoms with van der Waals surface area (Å²) in [5.74, 6) is 1.11. The molecular formula is C28H46O4. The normalized spacial score (nSPS) is 13.4. The molecule has 0 N–H and O–H groups in total. The highest BCUT2D eigenvalue weighted by atomic mass is 16.5. The van der Waals surface area contributed by atoms with Gasteiger partial charge in [-0.2, -0.15) is 0 Å². The molecular weight excluding hydrogens is 400 g/mol. The number of benzene rings is 1. The highest BCUT2D eigenvalue weighted by Gasteiger charge is 2.39. The molecule has 0 unspecified atom stereocenters. The summed E-state index contributed by atoms with van der Waals surface area (Å²) in [5, 5.41) is 0. The molecule has 0 bridgehead atoms.